The summed E-state index contributed by atoms with van der Waals surface area (Å²) in [6.45, 7) is 15.0. The molecule has 0 aromatic carbocycles. The third kappa shape index (κ3) is 14.2. The van der Waals surface area contributed by atoms with E-state index in [-0.39, 0.29) is 17.6 Å². The van der Waals surface area contributed by atoms with Crippen LogP contribution >= 0.6 is 18.4 Å². The van der Waals surface area contributed by atoms with E-state index < -0.39 is 0 Å². The SMILES string of the molecule is CCCC[N+](CCCC)(CCCC)CCCC.[Cl][Au][Cl]. The molecule has 0 saturated heterocycles. The van der Waals surface area contributed by atoms with Crippen LogP contribution in [0.5, 0.6) is 0 Å². The van der Waals surface area contributed by atoms with Gasteiger partial charge in [0.05, 0.1) is 26.2 Å². The molecule has 0 heterocycles. The molecule has 0 atom stereocenters. The molecule has 0 aromatic heterocycles. The molecule has 0 saturated carbocycles. The molecule has 0 spiro atoms. The summed E-state index contributed by atoms with van der Waals surface area (Å²) < 4.78 is 1.42. The van der Waals surface area contributed by atoms with Gasteiger partial charge in [0.15, 0.2) is 0 Å². The van der Waals surface area contributed by atoms with E-state index >= 15 is 0 Å². The molecule has 0 N–H and O–H groups in total. The van der Waals surface area contributed by atoms with Crippen LogP contribution in [0, 0.1) is 0 Å². The van der Waals surface area contributed by atoms with Crippen molar-refractivity contribution in [3.8, 4) is 0 Å². The summed E-state index contributed by atoms with van der Waals surface area (Å²) in [5.41, 5.74) is 0. The van der Waals surface area contributed by atoms with E-state index in [0.29, 0.717) is 0 Å². The average Bonchev–Trinajstić information content (AvgIpc) is 2.46. The van der Waals surface area contributed by atoms with Crippen LogP contribution in [0.15, 0.2) is 0 Å². The fourth-order valence-electron chi connectivity index (χ4n) is 2.64. The van der Waals surface area contributed by atoms with Crippen molar-refractivity contribution in [1.29, 1.82) is 0 Å². The van der Waals surface area contributed by atoms with E-state index in [1.807, 2.05) is 0 Å². The molecule has 0 aliphatic carbocycles. The van der Waals surface area contributed by atoms with E-state index in [1.54, 1.807) is 0 Å². The molecule has 0 aromatic rings. The van der Waals surface area contributed by atoms with E-state index in [1.165, 1.54) is 82.0 Å². The van der Waals surface area contributed by atoms with Gasteiger partial charge in [-0.25, -0.2) is 0 Å². The average molecular weight is 510 g/mol. The van der Waals surface area contributed by atoms with Crippen LogP contribution in [0.2, 0.25) is 0 Å². The summed E-state index contributed by atoms with van der Waals surface area (Å²) in [4.78, 5) is 0. The molecule has 1 nitrogen and oxygen atoms in total. The van der Waals surface area contributed by atoms with Crippen molar-refractivity contribution >= 4 is 18.4 Å². The van der Waals surface area contributed by atoms with E-state index in [9.17, 15) is 0 Å². The fourth-order valence-corrected chi connectivity index (χ4v) is 2.64. The molecule has 0 fully saturated rings. The van der Waals surface area contributed by atoms with Crippen LogP contribution in [-0.4, -0.2) is 30.7 Å². The zero-order chi connectivity index (χ0) is 15.7. The number of hydrogen-bond acceptors (Lipinski definition) is 0. The second-order valence-electron chi connectivity index (χ2n) is 5.69. The molecule has 129 valence electrons. The van der Waals surface area contributed by atoms with E-state index in [0.717, 1.165) is 0 Å². The van der Waals surface area contributed by atoms with Gasteiger partial charge in [-0.1, -0.05) is 53.4 Å². The van der Waals surface area contributed by atoms with Gasteiger partial charge in [0.25, 0.3) is 0 Å². The third-order valence-electron chi connectivity index (χ3n) is 3.94. The summed E-state index contributed by atoms with van der Waals surface area (Å²) in [5, 5.41) is 0. The molecular formula is C16H36AuCl2N+. The quantitative estimate of drug-likeness (QED) is 0.211. The first-order valence-electron chi connectivity index (χ1n) is 8.32. The second-order valence-corrected chi connectivity index (χ2v) is 8.82. The van der Waals surface area contributed by atoms with Crippen molar-refractivity contribution in [2.75, 3.05) is 26.2 Å². The predicted octanol–water partition coefficient (Wildman–Crippen LogP) is 6.38. The predicted molar refractivity (Wildman–Crippen MR) is 91.1 cm³/mol. The molecule has 0 rings (SSSR count). The number of halogens is 2. The molecule has 0 radical (unpaired) electrons. The third-order valence-corrected chi connectivity index (χ3v) is 3.94. The normalized spacial score (nSPS) is 11.3. The van der Waals surface area contributed by atoms with Crippen molar-refractivity contribution in [2.45, 2.75) is 79.1 Å². The van der Waals surface area contributed by atoms with Gasteiger partial charge in [0, 0.05) is 0 Å². The van der Waals surface area contributed by atoms with Crippen molar-refractivity contribution in [1.82, 2.24) is 0 Å². The Labute approximate surface area is 145 Å². The summed E-state index contributed by atoms with van der Waals surface area (Å²) in [6.07, 6.45) is 11.1. The fraction of sp³-hybridized carbons (Fsp3) is 1.00. The minimum absolute atomic E-state index is 0.389. The Balaban J connectivity index is 0. The Morgan fingerprint density at radius 2 is 0.800 bits per heavy atom. The minimum atomic E-state index is -0.389. The summed E-state index contributed by atoms with van der Waals surface area (Å²) in [5.74, 6) is 0. The van der Waals surface area contributed by atoms with Gasteiger partial charge < -0.3 is 4.48 Å². The van der Waals surface area contributed by atoms with Gasteiger partial charge in [-0.3, -0.25) is 0 Å². The van der Waals surface area contributed by atoms with Crippen LogP contribution in [0.3, 0.4) is 0 Å². The zero-order valence-corrected chi connectivity index (χ0v) is 17.7. The first-order chi connectivity index (χ1) is 9.66. The van der Waals surface area contributed by atoms with Gasteiger partial charge in [-0.05, 0) is 25.7 Å². The van der Waals surface area contributed by atoms with Crippen LogP contribution in [-0.2, 0) is 17.6 Å². The van der Waals surface area contributed by atoms with Crippen LogP contribution in [0.1, 0.15) is 79.1 Å². The first-order valence-corrected chi connectivity index (χ1v) is 13.7. The Morgan fingerprint density at radius 3 is 0.950 bits per heavy atom. The van der Waals surface area contributed by atoms with Crippen molar-refractivity contribution in [3.05, 3.63) is 0 Å². The summed E-state index contributed by atoms with van der Waals surface area (Å²) in [7, 11) is 9.72. The van der Waals surface area contributed by atoms with Crippen molar-refractivity contribution in [3.63, 3.8) is 0 Å². The molecule has 0 bridgehead atoms. The van der Waals surface area contributed by atoms with Crippen molar-refractivity contribution in [2.24, 2.45) is 0 Å². The van der Waals surface area contributed by atoms with Gasteiger partial charge in [-0.2, -0.15) is 0 Å². The number of nitrogens with zero attached hydrogens (tertiary/aromatic N) is 1. The Morgan fingerprint density at radius 1 is 0.600 bits per heavy atom. The van der Waals surface area contributed by atoms with Crippen molar-refractivity contribution < 1.29 is 22.1 Å². The molecule has 0 aliphatic rings. The zero-order valence-electron chi connectivity index (χ0n) is 14.0. The van der Waals surface area contributed by atoms with Crippen LogP contribution in [0.4, 0.5) is 0 Å². The number of unbranched alkanes of at least 4 members (excludes halogenated alkanes) is 4. The Bertz CT molecular complexity index is 142. The maximum absolute atomic E-state index is 4.86. The molecule has 0 aliphatic heterocycles. The van der Waals surface area contributed by atoms with E-state index in [4.69, 9.17) is 18.4 Å². The van der Waals surface area contributed by atoms with E-state index in [2.05, 4.69) is 27.7 Å². The second kappa shape index (κ2) is 18.3. The monoisotopic (exact) mass is 509 g/mol. The molecule has 0 amide bonds. The van der Waals surface area contributed by atoms with Gasteiger partial charge >= 0.3 is 36.0 Å². The molecule has 0 unspecified atom stereocenters. The number of quaternary nitrogens is 1. The van der Waals surface area contributed by atoms with Gasteiger partial charge in [0.1, 0.15) is 0 Å². The van der Waals surface area contributed by atoms with Gasteiger partial charge in [-0.15, -0.1) is 0 Å². The molecule has 4 heteroatoms. The Hall–Kier alpha value is 1.28. The number of rotatable bonds is 12. The van der Waals surface area contributed by atoms with Gasteiger partial charge in [0.2, 0.25) is 0 Å². The topological polar surface area (TPSA) is 0 Å². The Kier molecular flexibility index (Phi) is 21.6. The van der Waals surface area contributed by atoms with Crippen LogP contribution < -0.4 is 0 Å². The van der Waals surface area contributed by atoms with Crippen LogP contribution in [0.25, 0.3) is 0 Å². The summed E-state index contributed by atoms with van der Waals surface area (Å²) in [6, 6.07) is 0. The first kappa shape index (κ1) is 23.5. The standard InChI is InChI=1S/C16H36N.Au.2ClH/c1-5-9-13-17(14-10-6-2,15-11-7-3)16-12-8-4;;;/h5-16H2,1-4H3;;2*1H/q+1;+2;;/p-2. The number of hydrogen-bond donors (Lipinski definition) is 0. The summed E-state index contributed by atoms with van der Waals surface area (Å²) >= 11 is -0.389. The molecule has 20 heavy (non-hydrogen) atoms. The maximum atomic E-state index is 4.86. The molecular weight excluding hydrogens is 474 g/mol.